The Labute approximate surface area is 536 Å². The highest BCUT2D eigenvalue weighted by Gasteiger charge is 2.27. The maximum atomic E-state index is 12.9. The number of thiazole rings is 3. The maximum absolute atomic E-state index is 12.9. The van der Waals surface area contributed by atoms with Crippen molar-refractivity contribution in [3.63, 3.8) is 0 Å². The van der Waals surface area contributed by atoms with Crippen LogP contribution in [0.3, 0.4) is 0 Å². The minimum absolute atomic E-state index is 0.0690. The average Bonchev–Trinajstić information content (AvgIpc) is 1.90. The number of carbonyl (C=O) groups excluding carboxylic acids is 5. The van der Waals surface area contributed by atoms with Crippen molar-refractivity contribution in [1.29, 1.82) is 0 Å². The van der Waals surface area contributed by atoms with Gasteiger partial charge >= 0.3 is 0 Å². The van der Waals surface area contributed by atoms with Crippen LogP contribution in [0.1, 0.15) is 89.5 Å². The lowest BCUT2D eigenvalue weighted by atomic mass is 10.0. The zero-order chi connectivity index (χ0) is 62.4. The number of likely N-dealkylation sites (tertiary alicyclic amines) is 1. The van der Waals surface area contributed by atoms with Gasteiger partial charge in [-0.05, 0) is 148 Å². The molecule has 0 unspecified atom stereocenters. The van der Waals surface area contributed by atoms with E-state index in [0.29, 0.717) is 68.2 Å². The number of hydrogen-bond acceptors (Lipinski definition) is 13. The molecule has 2 aliphatic heterocycles. The standard InChI is InChI=1S/C26H18N2O2S.C23H21N3O3S2.C23H19N3O2S/c29-23(19-7-2-1-3-8-19)14-17-10-13-22-24(15-17)31-26(27-22)28-25(30)21-12-11-18-6-4-5-9-20(18)16-21;27-22(18-9-8-16-6-2-3-7-17(16)14-18)25-23-24-20-11-10-19(15-21(20)30-23)31(28,29)26-12-4-1-5-13-26;27-21(17-8-7-15-5-1-2-6-16(15)13-17)25-23-24-19-10-9-18(14-20(19)29-23)22(28)26-11-3-4-12-26/h1-13,15-16H,14H2,(H,27,28,30);2-3,6-11,14-15H,1,4-5,12-13H2,(H,24,25,27);1-2,5-10,13-14H,3-4,11-12H2,(H,24,25,27). The van der Waals surface area contributed by atoms with Gasteiger partial charge in [-0.2, -0.15) is 4.31 Å². The van der Waals surface area contributed by atoms with Crippen molar-refractivity contribution >= 4 is 152 Å². The number of rotatable bonds is 12. The van der Waals surface area contributed by atoms with E-state index in [0.717, 1.165) is 108 Å². The van der Waals surface area contributed by atoms with Crippen LogP contribution in [-0.4, -0.2) is 88.2 Å². The van der Waals surface area contributed by atoms with Gasteiger partial charge in [-0.15, -0.1) is 0 Å². The Balaban J connectivity index is 0.000000125. The molecule has 2 saturated heterocycles. The molecule has 15 nitrogen and oxygen atoms in total. The Morgan fingerprint density at radius 2 is 0.791 bits per heavy atom. The van der Waals surface area contributed by atoms with E-state index in [2.05, 4.69) is 30.9 Å². The number of carbonyl (C=O) groups is 5. The molecule has 0 atom stereocenters. The first-order valence-corrected chi connectivity index (χ1v) is 33.7. The van der Waals surface area contributed by atoms with E-state index < -0.39 is 10.0 Å². The number of sulfonamides is 1. The van der Waals surface area contributed by atoms with Crippen LogP contribution in [0.15, 0.2) is 217 Å². The van der Waals surface area contributed by atoms with Crippen molar-refractivity contribution in [2.75, 3.05) is 42.1 Å². The number of nitrogens with one attached hydrogen (secondary N) is 3. The normalized spacial score (nSPS) is 13.4. The molecule has 13 aromatic rings. The average molecular weight is 1280 g/mol. The number of hydrogen-bond donors (Lipinski definition) is 3. The molecule has 5 heterocycles. The molecular weight excluding hydrogens is 1220 g/mol. The molecule has 2 fully saturated rings. The van der Waals surface area contributed by atoms with Gasteiger partial charge in [-0.1, -0.05) is 168 Å². The van der Waals surface area contributed by atoms with Crippen LogP contribution < -0.4 is 16.0 Å². The predicted molar refractivity (Wildman–Crippen MR) is 367 cm³/mol. The highest BCUT2D eigenvalue weighted by Crippen LogP contribution is 2.33. The lowest BCUT2D eigenvalue weighted by molar-refractivity contribution is 0.0792. The Bertz CT molecular complexity index is 5050. The second-order valence-electron chi connectivity index (χ2n) is 22.1. The number of Topliss-reactive ketones (excluding diaryl/α,β-unsaturated/α-hetero) is 1. The summed E-state index contributed by atoms with van der Waals surface area (Å²) in [6.07, 6.45) is 5.33. The van der Waals surface area contributed by atoms with Gasteiger partial charge in [-0.25, -0.2) is 23.4 Å². The summed E-state index contributed by atoms with van der Waals surface area (Å²) in [4.78, 5) is 78.8. The van der Waals surface area contributed by atoms with Crippen molar-refractivity contribution < 1.29 is 32.4 Å². The molecule has 91 heavy (non-hydrogen) atoms. The van der Waals surface area contributed by atoms with Crippen LogP contribution in [0.2, 0.25) is 0 Å². The van der Waals surface area contributed by atoms with Crippen LogP contribution in [0.25, 0.3) is 63.0 Å². The van der Waals surface area contributed by atoms with E-state index in [1.807, 2.05) is 193 Å². The molecule has 0 aliphatic carbocycles. The summed E-state index contributed by atoms with van der Waals surface area (Å²) in [6.45, 7) is 2.78. The maximum Gasteiger partial charge on any atom is 0.257 e. The molecule has 0 bridgehead atoms. The fourth-order valence-electron chi connectivity index (χ4n) is 11.1. The number of benzene rings is 10. The van der Waals surface area contributed by atoms with E-state index >= 15 is 0 Å². The molecule has 452 valence electrons. The highest BCUT2D eigenvalue weighted by atomic mass is 32.2. The fraction of sp³-hybridized carbons (Fsp3) is 0.139. The quantitative estimate of drug-likeness (QED) is 0.0989. The Kier molecular flexibility index (Phi) is 17.6. The summed E-state index contributed by atoms with van der Waals surface area (Å²) in [5.74, 6) is -0.479. The van der Waals surface area contributed by atoms with Crippen molar-refractivity contribution in [1.82, 2.24) is 24.2 Å². The molecule has 0 saturated carbocycles. The van der Waals surface area contributed by atoms with Crippen LogP contribution in [-0.2, 0) is 16.4 Å². The smallest absolute Gasteiger partial charge is 0.257 e. The first-order valence-electron chi connectivity index (χ1n) is 29.8. The molecule has 3 N–H and O–H groups in total. The third-order valence-electron chi connectivity index (χ3n) is 16.0. The van der Waals surface area contributed by atoms with Crippen LogP contribution in [0.5, 0.6) is 0 Å². The summed E-state index contributed by atoms with van der Waals surface area (Å²) >= 11 is 4.07. The highest BCUT2D eigenvalue weighted by molar-refractivity contribution is 7.89. The van der Waals surface area contributed by atoms with Gasteiger partial charge in [0, 0.05) is 60.4 Å². The number of amides is 4. The molecule has 15 rings (SSSR count). The number of fused-ring (bicyclic) bond motifs is 6. The summed E-state index contributed by atoms with van der Waals surface area (Å²) in [5.41, 5.74) is 6.28. The monoisotopic (exact) mass is 1270 g/mol. The minimum atomic E-state index is -3.51. The molecule has 10 aromatic carbocycles. The summed E-state index contributed by atoms with van der Waals surface area (Å²) in [7, 11) is -3.51. The zero-order valence-corrected chi connectivity index (χ0v) is 52.3. The number of ketones is 1. The lowest BCUT2D eigenvalue weighted by Gasteiger charge is -2.25. The lowest BCUT2D eigenvalue weighted by Crippen LogP contribution is -2.35. The van der Waals surface area contributed by atoms with Crippen molar-refractivity contribution in [2.24, 2.45) is 0 Å². The van der Waals surface area contributed by atoms with Gasteiger partial charge in [-0.3, -0.25) is 39.9 Å². The Morgan fingerprint density at radius 3 is 1.29 bits per heavy atom. The number of anilines is 3. The van der Waals surface area contributed by atoms with Crippen molar-refractivity contribution in [2.45, 2.75) is 43.4 Å². The molecule has 4 amide bonds. The first-order chi connectivity index (χ1) is 44.3. The molecule has 2 aliphatic rings. The SMILES string of the molecule is O=C(Cc1ccc2nc(NC(=O)c3ccc4ccccc4c3)sc2c1)c1ccccc1.O=C(Nc1nc2ccc(C(=O)N3CCCC3)cc2s1)c1ccc2ccccc2c1.O=C(Nc1nc2ccc(S(=O)(=O)N3CCCCC3)cc2s1)c1ccc2ccccc2c1. The van der Waals surface area contributed by atoms with Gasteiger partial charge in [0.1, 0.15) is 0 Å². The van der Waals surface area contributed by atoms with Gasteiger partial charge in [0.2, 0.25) is 10.0 Å². The second-order valence-corrected chi connectivity index (χ2v) is 27.2. The van der Waals surface area contributed by atoms with Gasteiger partial charge in [0.25, 0.3) is 23.6 Å². The summed E-state index contributed by atoms with van der Waals surface area (Å²) in [6, 6.07) is 66.1. The van der Waals surface area contributed by atoms with Crippen LogP contribution in [0.4, 0.5) is 15.4 Å². The largest absolute Gasteiger partial charge is 0.339 e. The first kappa shape index (κ1) is 60.0. The zero-order valence-electron chi connectivity index (χ0n) is 49.0. The third-order valence-corrected chi connectivity index (χ3v) is 20.6. The number of piperidine rings is 1. The van der Waals surface area contributed by atoms with E-state index in [4.69, 9.17) is 0 Å². The van der Waals surface area contributed by atoms with E-state index in [9.17, 15) is 32.4 Å². The third kappa shape index (κ3) is 13.8. The minimum Gasteiger partial charge on any atom is -0.339 e. The molecule has 0 radical (unpaired) electrons. The van der Waals surface area contributed by atoms with Gasteiger partial charge < -0.3 is 4.90 Å². The summed E-state index contributed by atoms with van der Waals surface area (Å²) < 4.78 is 30.0. The van der Waals surface area contributed by atoms with E-state index in [1.54, 1.807) is 28.6 Å². The number of aromatic nitrogens is 3. The van der Waals surface area contributed by atoms with Crippen molar-refractivity contribution in [3.05, 3.63) is 246 Å². The molecule has 0 spiro atoms. The van der Waals surface area contributed by atoms with Gasteiger partial charge in [0.15, 0.2) is 21.2 Å². The number of nitrogens with zero attached hydrogens (tertiary/aromatic N) is 5. The van der Waals surface area contributed by atoms with E-state index in [-0.39, 0.29) is 34.3 Å². The fourth-order valence-corrected chi connectivity index (χ4v) is 15.5. The van der Waals surface area contributed by atoms with Crippen LogP contribution in [0, 0.1) is 0 Å². The Morgan fingerprint density at radius 1 is 0.385 bits per heavy atom. The second kappa shape index (κ2) is 26.7. The molecule has 3 aromatic heterocycles. The molecular formula is C72H58N8O7S4. The summed E-state index contributed by atoms with van der Waals surface area (Å²) in [5, 5.41) is 16.4. The van der Waals surface area contributed by atoms with Crippen molar-refractivity contribution in [3.8, 4) is 0 Å². The van der Waals surface area contributed by atoms with E-state index in [1.165, 1.54) is 34.0 Å². The van der Waals surface area contributed by atoms with Crippen LogP contribution >= 0.6 is 34.0 Å². The van der Waals surface area contributed by atoms with Gasteiger partial charge in [0.05, 0.1) is 35.5 Å². The Hall–Kier alpha value is -9.89. The predicted octanol–water partition coefficient (Wildman–Crippen LogP) is 15.9. The molecule has 19 heteroatoms. The topological polar surface area (TPSA) is 201 Å².